The van der Waals surface area contributed by atoms with Crippen LogP contribution in [0.4, 0.5) is 4.39 Å². The monoisotopic (exact) mass is 412 g/mol. The van der Waals surface area contributed by atoms with Crippen LogP contribution in [0.5, 0.6) is 5.75 Å². The van der Waals surface area contributed by atoms with Crippen LogP contribution in [0.3, 0.4) is 0 Å². The fourth-order valence-corrected chi connectivity index (χ4v) is 3.56. The second-order valence-corrected chi connectivity index (χ2v) is 7.76. The van der Waals surface area contributed by atoms with Crippen LogP contribution >= 0.6 is 0 Å². The van der Waals surface area contributed by atoms with Crippen molar-refractivity contribution in [3.8, 4) is 5.75 Å². The highest BCUT2D eigenvalue weighted by Gasteiger charge is 2.28. The average Bonchev–Trinajstić information content (AvgIpc) is 2.77. The molecule has 1 saturated heterocycles. The van der Waals surface area contributed by atoms with Crippen molar-refractivity contribution in [3.05, 3.63) is 65.5 Å². The van der Waals surface area contributed by atoms with Crippen LogP contribution in [0.15, 0.2) is 48.5 Å². The van der Waals surface area contributed by atoms with Crippen molar-refractivity contribution in [2.75, 3.05) is 26.2 Å². The van der Waals surface area contributed by atoms with Gasteiger partial charge < -0.3 is 15.0 Å². The van der Waals surface area contributed by atoms with Gasteiger partial charge >= 0.3 is 0 Å². The summed E-state index contributed by atoms with van der Waals surface area (Å²) in [6.07, 6.45) is 3.23. The summed E-state index contributed by atoms with van der Waals surface area (Å²) >= 11 is 0. The molecule has 0 radical (unpaired) electrons. The average molecular weight is 413 g/mol. The van der Waals surface area contributed by atoms with E-state index in [1.54, 1.807) is 17.0 Å². The van der Waals surface area contributed by atoms with Crippen LogP contribution in [0.2, 0.25) is 0 Å². The maximum Gasteiger partial charge on any atom is 0.253 e. The Morgan fingerprint density at radius 1 is 1.10 bits per heavy atom. The summed E-state index contributed by atoms with van der Waals surface area (Å²) in [5.41, 5.74) is 1.79. The Morgan fingerprint density at radius 3 is 2.57 bits per heavy atom. The first kappa shape index (κ1) is 21.8. The molecule has 1 aliphatic heterocycles. The minimum atomic E-state index is -0.285. The molecule has 5 nitrogen and oxygen atoms in total. The molecule has 0 aromatic heterocycles. The topological polar surface area (TPSA) is 58.6 Å². The van der Waals surface area contributed by atoms with Crippen LogP contribution in [-0.2, 0) is 4.79 Å². The minimum absolute atomic E-state index is 0.00885. The molecule has 0 bridgehead atoms. The van der Waals surface area contributed by atoms with Gasteiger partial charge in [0, 0.05) is 25.2 Å². The Kier molecular flexibility index (Phi) is 7.82. The zero-order chi connectivity index (χ0) is 21.3. The summed E-state index contributed by atoms with van der Waals surface area (Å²) in [6, 6.07) is 13.5. The number of halogens is 1. The normalized spacial score (nSPS) is 16.2. The second-order valence-electron chi connectivity index (χ2n) is 7.76. The first-order valence-electron chi connectivity index (χ1n) is 10.5. The molecule has 0 aliphatic carbocycles. The number of benzene rings is 2. The number of hydrogen-bond acceptors (Lipinski definition) is 3. The van der Waals surface area contributed by atoms with Crippen LogP contribution in [-0.4, -0.2) is 43.0 Å². The van der Waals surface area contributed by atoms with Crippen molar-refractivity contribution in [1.82, 2.24) is 10.2 Å². The summed E-state index contributed by atoms with van der Waals surface area (Å²) in [5.74, 6) is 0.192. The number of hydrogen-bond donors (Lipinski definition) is 1. The predicted octanol–water partition coefficient (Wildman–Crippen LogP) is 3.96. The maximum absolute atomic E-state index is 12.9. The molecule has 6 heteroatoms. The maximum atomic E-state index is 12.9. The molecule has 160 valence electrons. The smallest absolute Gasteiger partial charge is 0.253 e. The first-order chi connectivity index (χ1) is 14.5. The molecular weight excluding hydrogens is 383 g/mol. The molecule has 1 aliphatic rings. The van der Waals surface area contributed by atoms with Crippen molar-refractivity contribution in [1.29, 1.82) is 0 Å². The van der Waals surface area contributed by atoms with E-state index in [2.05, 4.69) is 5.32 Å². The minimum Gasteiger partial charge on any atom is -0.494 e. The number of ether oxygens (including phenoxy) is 1. The number of nitrogens with zero attached hydrogens (tertiary/aromatic N) is 1. The van der Waals surface area contributed by atoms with Gasteiger partial charge in [0.25, 0.3) is 5.91 Å². The summed E-state index contributed by atoms with van der Waals surface area (Å²) in [7, 11) is 0. The third-order valence-corrected chi connectivity index (χ3v) is 5.33. The number of likely N-dealkylation sites (tertiary alicyclic amines) is 1. The van der Waals surface area contributed by atoms with Crippen molar-refractivity contribution < 1.29 is 18.7 Å². The molecule has 1 N–H and O–H groups in total. The highest BCUT2D eigenvalue weighted by molar-refractivity contribution is 5.94. The van der Waals surface area contributed by atoms with Gasteiger partial charge in [-0.25, -0.2) is 4.39 Å². The summed E-state index contributed by atoms with van der Waals surface area (Å²) in [5, 5.41) is 2.98. The number of aryl methyl sites for hydroxylation is 1. The van der Waals surface area contributed by atoms with Gasteiger partial charge in [-0.15, -0.1) is 0 Å². The van der Waals surface area contributed by atoms with Crippen LogP contribution in [0.1, 0.15) is 41.6 Å². The van der Waals surface area contributed by atoms with E-state index in [-0.39, 0.29) is 23.5 Å². The van der Waals surface area contributed by atoms with Crippen LogP contribution in [0, 0.1) is 18.7 Å². The summed E-state index contributed by atoms with van der Waals surface area (Å²) in [4.78, 5) is 27.0. The molecule has 1 unspecified atom stereocenters. The molecule has 2 aromatic rings. The van der Waals surface area contributed by atoms with Crippen molar-refractivity contribution >= 4 is 11.8 Å². The van der Waals surface area contributed by atoms with E-state index in [0.717, 1.165) is 31.2 Å². The number of amides is 2. The molecule has 3 rings (SSSR count). The second kappa shape index (κ2) is 10.8. The Morgan fingerprint density at radius 2 is 1.83 bits per heavy atom. The van der Waals surface area contributed by atoms with Crippen LogP contribution in [0.25, 0.3) is 0 Å². The number of piperidine rings is 1. The Bertz CT molecular complexity index is 837. The van der Waals surface area contributed by atoms with E-state index in [1.165, 1.54) is 12.1 Å². The van der Waals surface area contributed by atoms with Gasteiger partial charge in [0.1, 0.15) is 11.6 Å². The lowest BCUT2D eigenvalue weighted by Crippen LogP contribution is -2.45. The van der Waals surface area contributed by atoms with Crippen LogP contribution < -0.4 is 10.1 Å². The third-order valence-electron chi connectivity index (χ3n) is 5.33. The lowest BCUT2D eigenvalue weighted by molar-refractivity contribution is -0.126. The lowest BCUT2D eigenvalue weighted by Gasteiger charge is -2.32. The third kappa shape index (κ3) is 6.31. The van der Waals surface area contributed by atoms with Gasteiger partial charge in [-0.3, -0.25) is 9.59 Å². The van der Waals surface area contributed by atoms with Gasteiger partial charge in [0.15, 0.2) is 0 Å². The molecule has 0 spiro atoms. The highest BCUT2D eigenvalue weighted by Crippen LogP contribution is 2.19. The number of rotatable bonds is 8. The highest BCUT2D eigenvalue weighted by atomic mass is 19.1. The number of carbonyl (C=O) groups excluding carboxylic acids is 2. The first-order valence-corrected chi connectivity index (χ1v) is 10.5. The van der Waals surface area contributed by atoms with E-state index in [1.807, 2.05) is 31.2 Å². The quantitative estimate of drug-likeness (QED) is 0.668. The van der Waals surface area contributed by atoms with E-state index < -0.39 is 0 Å². The zero-order valence-electron chi connectivity index (χ0n) is 17.4. The Hall–Kier alpha value is -2.89. The Balaban J connectivity index is 1.36. The fourth-order valence-electron chi connectivity index (χ4n) is 3.56. The van der Waals surface area contributed by atoms with Gasteiger partial charge in [-0.05, 0) is 69.0 Å². The van der Waals surface area contributed by atoms with E-state index in [4.69, 9.17) is 4.74 Å². The van der Waals surface area contributed by atoms with Gasteiger partial charge in [0.05, 0.1) is 12.5 Å². The largest absolute Gasteiger partial charge is 0.494 e. The van der Waals surface area contributed by atoms with Gasteiger partial charge in [-0.2, -0.15) is 0 Å². The predicted molar refractivity (Wildman–Crippen MR) is 114 cm³/mol. The SMILES string of the molecule is Cc1ccc(C(=O)N2CCCC(C(=O)NCCCCOc3ccc(F)cc3)C2)cc1. The molecule has 2 amide bonds. The number of unbranched alkanes of at least 4 members (excludes halogenated alkanes) is 1. The molecular formula is C24H29FN2O3. The van der Waals surface area contributed by atoms with E-state index in [0.29, 0.717) is 37.6 Å². The molecule has 1 atom stereocenters. The van der Waals surface area contributed by atoms with Gasteiger partial charge in [0.2, 0.25) is 5.91 Å². The fraction of sp³-hybridized carbons (Fsp3) is 0.417. The Labute approximate surface area is 177 Å². The zero-order valence-corrected chi connectivity index (χ0v) is 17.4. The number of carbonyl (C=O) groups is 2. The van der Waals surface area contributed by atoms with Crippen molar-refractivity contribution in [3.63, 3.8) is 0 Å². The molecule has 1 heterocycles. The van der Waals surface area contributed by atoms with E-state index >= 15 is 0 Å². The van der Waals surface area contributed by atoms with Crippen molar-refractivity contribution in [2.24, 2.45) is 5.92 Å². The summed E-state index contributed by atoms with van der Waals surface area (Å²) in [6.45, 7) is 4.24. The molecule has 0 saturated carbocycles. The number of nitrogens with one attached hydrogen (secondary N) is 1. The summed E-state index contributed by atoms with van der Waals surface area (Å²) < 4.78 is 18.4. The van der Waals surface area contributed by atoms with Crippen molar-refractivity contribution in [2.45, 2.75) is 32.6 Å². The lowest BCUT2D eigenvalue weighted by atomic mass is 9.96. The molecule has 30 heavy (non-hydrogen) atoms. The molecule has 2 aromatic carbocycles. The van der Waals surface area contributed by atoms with Gasteiger partial charge in [-0.1, -0.05) is 17.7 Å². The standard InChI is InChI=1S/C24H29FN2O3/c1-18-6-8-19(9-7-18)24(29)27-15-4-5-20(17-27)23(28)26-14-2-3-16-30-22-12-10-21(25)11-13-22/h6-13,20H,2-5,14-17H2,1H3,(H,26,28). The van der Waals surface area contributed by atoms with E-state index in [9.17, 15) is 14.0 Å². The molecule has 1 fully saturated rings.